The minimum atomic E-state index is -0.484. The smallest absolute Gasteiger partial charge is 0.263 e. The normalized spacial score (nSPS) is 15.8. The van der Waals surface area contributed by atoms with Gasteiger partial charge in [0.1, 0.15) is 5.75 Å². The molecule has 0 bridgehead atoms. The molecule has 2 aromatic rings. The fourth-order valence-electron chi connectivity index (χ4n) is 3.30. The minimum absolute atomic E-state index is 0.00303. The number of carbonyl (C=O) groups excluding carboxylic acids is 2. The van der Waals surface area contributed by atoms with Gasteiger partial charge in [-0.05, 0) is 43.5 Å². The molecular formula is C22H26N2O3. The Bertz CT molecular complexity index is 741. The Labute approximate surface area is 160 Å². The molecule has 2 amide bonds. The monoisotopic (exact) mass is 366 g/mol. The van der Waals surface area contributed by atoms with Gasteiger partial charge in [0.25, 0.3) is 5.91 Å². The van der Waals surface area contributed by atoms with Crippen molar-refractivity contribution in [3.05, 3.63) is 60.7 Å². The molecule has 0 aliphatic carbocycles. The van der Waals surface area contributed by atoms with Crippen molar-refractivity contribution in [1.29, 1.82) is 0 Å². The van der Waals surface area contributed by atoms with Crippen LogP contribution in [0, 0.1) is 5.92 Å². The number of nitrogens with one attached hydrogen (secondary N) is 1. The summed E-state index contributed by atoms with van der Waals surface area (Å²) in [5.74, 6) is 0.670. The van der Waals surface area contributed by atoms with Crippen LogP contribution in [-0.4, -0.2) is 35.9 Å². The minimum Gasteiger partial charge on any atom is -0.481 e. The van der Waals surface area contributed by atoms with Crippen LogP contribution in [0.25, 0.3) is 0 Å². The first-order valence-corrected chi connectivity index (χ1v) is 9.53. The summed E-state index contributed by atoms with van der Waals surface area (Å²) in [6.07, 6.45) is 1.47. The Morgan fingerprint density at radius 3 is 2.22 bits per heavy atom. The molecule has 0 radical (unpaired) electrons. The number of hydrogen-bond acceptors (Lipinski definition) is 3. The Morgan fingerprint density at radius 1 is 1.04 bits per heavy atom. The lowest BCUT2D eigenvalue weighted by atomic mass is 9.95. The van der Waals surface area contributed by atoms with Gasteiger partial charge in [-0.3, -0.25) is 9.59 Å². The molecule has 5 heteroatoms. The molecule has 27 heavy (non-hydrogen) atoms. The van der Waals surface area contributed by atoms with E-state index in [-0.39, 0.29) is 17.7 Å². The van der Waals surface area contributed by atoms with Crippen molar-refractivity contribution in [3.63, 3.8) is 0 Å². The lowest BCUT2D eigenvalue weighted by molar-refractivity contribution is -0.141. The maximum Gasteiger partial charge on any atom is 0.263 e. The number of rotatable bonds is 6. The number of para-hydroxylation sites is 2. The van der Waals surface area contributed by atoms with Gasteiger partial charge in [-0.25, -0.2) is 0 Å². The third-order valence-corrected chi connectivity index (χ3v) is 4.89. The molecule has 0 spiro atoms. The molecule has 0 unspecified atom stereocenters. The number of piperidine rings is 1. The fraction of sp³-hybridized carbons (Fsp3) is 0.364. The highest BCUT2D eigenvalue weighted by atomic mass is 16.5. The number of ether oxygens (including phenoxy) is 1. The van der Waals surface area contributed by atoms with Crippen LogP contribution in [-0.2, 0) is 9.59 Å². The van der Waals surface area contributed by atoms with Gasteiger partial charge in [-0.1, -0.05) is 43.3 Å². The van der Waals surface area contributed by atoms with Gasteiger partial charge in [0.15, 0.2) is 6.10 Å². The van der Waals surface area contributed by atoms with Crippen LogP contribution in [0.1, 0.15) is 26.2 Å². The average molecular weight is 366 g/mol. The molecule has 2 aromatic carbocycles. The highest BCUT2D eigenvalue weighted by molar-refractivity contribution is 5.92. The van der Waals surface area contributed by atoms with Gasteiger partial charge in [-0.15, -0.1) is 0 Å². The predicted molar refractivity (Wildman–Crippen MR) is 106 cm³/mol. The quantitative estimate of drug-likeness (QED) is 0.848. The molecule has 0 saturated carbocycles. The second-order valence-electron chi connectivity index (χ2n) is 6.78. The molecule has 1 saturated heterocycles. The zero-order valence-electron chi connectivity index (χ0n) is 15.6. The number of hydrogen-bond donors (Lipinski definition) is 1. The van der Waals surface area contributed by atoms with E-state index >= 15 is 0 Å². The van der Waals surface area contributed by atoms with Crippen LogP contribution in [0.3, 0.4) is 0 Å². The lowest BCUT2D eigenvalue weighted by Crippen LogP contribution is -2.47. The molecule has 1 aliphatic heterocycles. The molecule has 3 rings (SSSR count). The first-order chi connectivity index (χ1) is 13.2. The molecule has 1 atom stereocenters. The third kappa shape index (κ3) is 5.09. The second-order valence-corrected chi connectivity index (χ2v) is 6.78. The number of anilines is 1. The molecule has 1 fully saturated rings. The molecule has 1 heterocycles. The summed E-state index contributed by atoms with van der Waals surface area (Å²) >= 11 is 0. The van der Waals surface area contributed by atoms with Gasteiger partial charge in [-0.2, -0.15) is 0 Å². The number of benzene rings is 2. The van der Waals surface area contributed by atoms with Crippen molar-refractivity contribution in [2.75, 3.05) is 18.4 Å². The van der Waals surface area contributed by atoms with Gasteiger partial charge in [0.2, 0.25) is 5.91 Å². The van der Waals surface area contributed by atoms with Crippen molar-refractivity contribution in [1.82, 2.24) is 4.90 Å². The highest BCUT2D eigenvalue weighted by Crippen LogP contribution is 2.22. The highest BCUT2D eigenvalue weighted by Gasteiger charge is 2.31. The average Bonchev–Trinajstić information content (AvgIpc) is 2.73. The van der Waals surface area contributed by atoms with Crippen LogP contribution in [0.4, 0.5) is 5.69 Å². The van der Waals surface area contributed by atoms with Crippen LogP contribution in [0.2, 0.25) is 0 Å². The number of nitrogens with zero attached hydrogens (tertiary/aromatic N) is 1. The van der Waals surface area contributed by atoms with Crippen molar-refractivity contribution in [2.45, 2.75) is 32.3 Å². The summed E-state index contributed by atoms with van der Waals surface area (Å²) in [6.45, 7) is 3.12. The Morgan fingerprint density at radius 2 is 1.63 bits per heavy atom. The third-order valence-electron chi connectivity index (χ3n) is 4.89. The van der Waals surface area contributed by atoms with E-state index in [1.807, 2.05) is 72.5 Å². The number of likely N-dealkylation sites (tertiary alicyclic amines) is 1. The number of carbonyl (C=O) groups is 2. The largest absolute Gasteiger partial charge is 0.481 e. The molecular weight excluding hydrogens is 340 g/mol. The SMILES string of the molecule is CC[C@H](Oc1ccccc1)C(=O)N1CCC(C(=O)Nc2ccccc2)CC1. The van der Waals surface area contributed by atoms with E-state index in [1.165, 1.54) is 0 Å². The van der Waals surface area contributed by atoms with Gasteiger partial charge in [0.05, 0.1) is 0 Å². The van der Waals surface area contributed by atoms with E-state index in [0.29, 0.717) is 38.1 Å². The summed E-state index contributed by atoms with van der Waals surface area (Å²) in [4.78, 5) is 27.1. The van der Waals surface area contributed by atoms with E-state index < -0.39 is 6.10 Å². The maximum absolute atomic E-state index is 12.8. The lowest BCUT2D eigenvalue weighted by Gasteiger charge is -2.33. The second kappa shape index (κ2) is 9.21. The van der Waals surface area contributed by atoms with E-state index in [0.717, 1.165) is 5.69 Å². The molecule has 1 aliphatic rings. The first-order valence-electron chi connectivity index (χ1n) is 9.53. The van der Waals surface area contributed by atoms with E-state index in [2.05, 4.69) is 5.32 Å². The zero-order valence-corrected chi connectivity index (χ0v) is 15.6. The molecule has 0 aromatic heterocycles. The van der Waals surface area contributed by atoms with Gasteiger partial charge in [0, 0.05) is 24.7 Å². The zero-order chi connectivity index (χ0) is 19.1. The number of amides is 2. The molecule has 142 valence electrons. The summed E-state index contributed by atoms with van der Waals surface area (Å²) in [6, 6.07) is 18.9. The van der Waals surface area contributed by atoms with Crippen LogP contribution < -0.4 is 10.1 Å². The van der Waals surface area contributed by atoms with E-state index in [1.54, 1.807) is 0 Å². The van der Waals surface area contributed by atoms with Gasteiger partial charge < -0.3 is 15.0 Å². The Balaban J connectivity index is 1.51. The summed E-state index contributed by atoms with van der Waals surface area (Å²) < 4.78 is 5.86. The predicted octanol–water partition coefficient (Wildman–Crippen LogP) is 3.72. The molecule has 1 N–H and O–H groups in total. The standard InChI is InChI=1S/C22H26N2O3/c1-2-20(27-19-11-7-4-8-12-19)22(26)24-15-13-17(14-16-24)21(25)23-18-9-5-3-6-10-18/h3-12,17,20H,2,13-16H2,1H3,(H,23,25)/t20-/m0/s1. The fourth-order valence-corrected chi connectivity index (χ4v) is 3.30. The summed E-state index contributed by atoms with van der Waals surface area (Å²) in [7, 11) is 0. The first kappa shape index (κ1) is 19.0. The van der Waals surface area contributed by atoms with E-state index in [9.17, 15) is 9.59 Å². The van der Waals surface area contributed by atoms with Crippen molar-refractivity contribution < 1.29 is 14.3 Å². The maximum atomic E-state index is 12.8. The van der Waals surface area contributed by atoms with E-state index in [4.69, 9.17) is 4.74 Å². The van der Waals surface area contributed by atoms with Crippen molar-refractivity contribution >= 4 is 17.5 Å². The van der Waals surface area contributed by atoms with Crippen molar-refractivity contribution in [2.24, 2.45) is 5.92 Å². The van der Waals surface area contributed by atoms with Crippen LogP contribution in [0.5, 0.6) is 5.75 Å². The van der Waals surface area contributed by atoms with Gasteiger partial charge >= 0.3 is 0 Å². The molecule has 5 nitrogen and oxygen atoms in total. The summed E-state index contributed by atoms with van der Waals surface area (Å²) in [5.41, 5.74) is 0.809. The van der Waals surface area contributed by atoms with Crippen LogP contribution in [0.15, 0.2) is 60.7 Å². The van der Waals surface area contributed by atoms with Crippen molar-refractivity contribution in [3.8, 4) is 5.75 Å². The Kier molecular flexibility index (Phi) is 6.47. The Hall–Kier alpha value is -2.82. The topological polar surface area (TPSA) is 58.6 Å². The van der Waals surface area contributed by atoms with Crippen LogP contribution >= 0.6 is 0 Å². The summed E-state index contributed by atoms with van der Waals surface area (Å²) in [5, 5.41) is 2.96.